The topological polar surface area (TPSA) is 106 Å². The molecule has 3 heterocycles. The maximum atomic E-state index is 12.6. The second kappa shape index (κ2) is 8.80. The molecule has 2 aromatic rings. The number of hydrogen-bond donors (Lipinski definition) is 1. The first kappa shape index (κ1) is 20.4. The van der Waals surface area contributed by atoms with Gasteiger partial charge in [0.1, 0.15) is 9.77 Å². The average Bonchev–Trinajstić information content (AvgIpc) is 3.23. The van der Waals surface area contributed by atoms with Crippen LogP contribution in [-0.2, 0) is 14.8 Å². The van der Waals surface area contributed by atoms with Crippen molar-refractivity contribution in [2.45, 2.75) is 17.7 Å². The van der Waals surface area contributed by atoms with Crippen molar-refractivity contribution in [1.82, 2.24) is 14.6 Å². The molecule has 0 aliphatic carbocycles. The molecule has 2 aromatic heterocycles. The fourth-order valence-corrected chi connectivity index (χ4v) is 5.52. The summed E-state index contributed by atoms with van der Waals surface area (Å²) in [5.74, 6) is -0.586. The molecule has 8 nitrogen and oxygen atoms in total. The van der Waals surface area contributed by atoms with Crippen LogP contribution in [0.15, 0.2) is 40.9 Å². The van der Waals surface area contributed by atoms with E-state index in [-0.39, 0.29) is 28.1 Å². The number of aromatic nitrogens is 1. The molecule has 0 aromatic carbocycles. The quantitative estimate of drug-likeness (QED) is 0.710. The van der Waals surface area contributed by atoms with Crippen LogP contribution in [0.4, 0.5) is 0 Å². The minimum Gasteiger partial charge on any atom is -0.465 e. The van der Waals surface area contributed by atoms with E-state index in [1.165, 1.54) is 13.2 Å². The maximum absolute atomic E-state index is 12.6. The lowest BCUT2D eigenvalue weighted by atomic mass is 9.97. The Bertz CT molecular complexity index is 935. The van der Waals surface area contributed by atoms with Gasteiger partial charge in [0.05, 0.1) is 7.11 Å². The highest BCUT2D eigenvalue weighted by molar-refractivity contribution is 7.89. The molecule has 28 heavy (non-hydrogen) atoms. The molecular weight excluding hydrogens is 402 g/mol. The Morgan fingerprint density at radius 3 is 2.57 bits per heavy atom. The second-order valence-corrected chi connectivity index (χ2v) is 9.08. The van der Waals surface area contributed by atoms with Crippen LogP contribution in [0.25, 0.3) is 0 Å². The van der Waals surface area contributed by atoms with E-state index < -0.39 is 16.0 Å². The smallest absolute Gasteiger partial charge is 0.349 e. The van der Waals surface area contributed by atoms with E-state index in [1.807, 2.05) is 0 Å². The molecule has 1 aliphatic rings. The number of thiophene rings is 1. The van der Waals surface area contributed by atoms with Gasteiger partial charge in [-0.1, -0.05) is 0 Å². The number of esters is 1. The van der Waals surface area contributed by atoms with Gasteiger partial charge in [-0.15, -0.1) is 11.3 Å². The van der Waals surface area contributed by atoms with Crippen molar-refractivity contribution in [3.63, 3.8) is 0 Å². The lowest BCUT2D eigenvalue weighted by molar-refractivity contribution is 0.0601. The van der Waals surface area contributed by atoms with Crippen LogP contribution in [0.2, 0.25) is 0 Å². The highest BCUT2D eigenvalue weighted by Gasteiger charge is 2.27. The molecule has 0 unspecified atom stereocenters. The largest absolute Gasteiger partial charge is 0.465 e. The predicted octanol–water partition coefficient (Wildman–Crippen LogP) is 1.76. The number of carbonyl (C=O) groups is 2. The van der Waals surface area contributed by atoms with Crippen LogP contribution in [0.5, 0.6) is 0 Å². The molecule has 0 saturated carbocycles. The first-order valence-corrected chi connectivity index (χ1v) is 11.1. The van der Waals surface area contributed by atoms with Crippen molar-refractivity contribution in [2.75, 3.05) is 26.7 Å². The SMILES string of the molecule is COC(=O)c1sccc1S(=O)(=O)NCC1CCN(C(=O)c2ccncc2)CC1. The van der Waals surface area contributed by atoms with Gasteiger partial charge in [-0.3, -0.25) is 9.78 Å². The summed E-state index contributed by atoms with van der Waals surface area (Å²) < 4.78 is 32.3. The number of likely N-dealkylation sites (tertiary alicyclic amines) is 1. The molecule has 150 valence electrons. The Balaban J connectivity index is 1.55. The molecule has 0 bridgehead atoms. The molecule has 0 radical (unpaired) electrons. The Kier molecular flexibility index (Phi) is 6.42. The summed E-state index contributed by atoms with van der Waals surface area (Å²) in [6, 6.07) is 4.76. The number of hydrogen-bond acceptors (Lipinski definition) is 7. The van der Waals surface area contributed by atoms with Gasteiger partial charge in [0.15, 0.2) is 0 Å². The number of nitrogens with one attached hydrogen (secondary N) is 1. The van der Waals surface area contributed by atoms with Crippen LogP contribution in [0.1, 0.15) is 32.9 Å². The molecule has 1 amide bonds. The molecule has 1 N–H and O–H groups in total. The molecule has 1 aliphatic heterocycles. The molecule has 3 rings (SSSR count). The van der Waals surface area contributed by atoms with E-state index in [0.29, 0.717) is 31.5 Å². The maximum Gasteiger partial charge on any atom is 0.349 e. The number of sulfonamides is 1. The number of nitrogens with zero attached hydrogens (tertiary/aromatic N) is 2. The fourth-order valence-electron chi connectivity index (χ4n) is 3.07. The number of piperidine rings is 1. The molecule has 0 spiro atoms. The molecule has 1 saturated heterocycles. The van der Waals surface area contributed by atoms with E-state index in [0.717, 1.165) is 11.3 Å². The number of rotatable bonds is 6. The summed E-state index contributed by atoms with van der Waals surface area (Å²) in [7, 11) is -2.59. The van der Waals surface area contributed by atoms with Gasteiger partial charge in [-0.05, 0) is 42.3 Å². The lowest BCUT2D eigenvalue weighted by Crippen LogP contribution is -2.41. The highest BCUT2D eigenvalue weighted by Crippen LogP contribution is 2.24. The summed E-state index contributed by atoms with van der Waals surface area (Å²) in [5.41, 5.74) is 0.599. The normalized spacial score (nSPS) is 15.4. The molecular formula is C18H21N3O5S2. The molecule has 1 fully saturated rings. The number of pyridine rings is 1. The Labute approximate surface area is 167 Å². The summed E-state index contributed by atoms with van der Waals surface area (Å²) >= 11 is 1.03. The number of ether oxygens (including phenoxy) is 1. The molecule has 0 atom stereocenters. The van der Waals surface area contributed by atoms with Gasteiger partial charge < -0.3 is 9.64 Å². The predicted molar refractivity (Wildman–Crippen MR) is 104 cm³/mol. The zero-order valence-corrected chi connectivity index (χ0v) is 17.0. The van der Waals surface area contributed by atoms with Gasteiger partial charge >= 0.3 is 5.97 Å². The van der Waals surface area contributed by atoms with Gasteiger partial charge in [0, 0.05) is 37.6 Å². The zero-order valence-electron chi connectivity index (χ0n) is 15.3. The highest BCUT2D eigenvalue weighted by atomic mass is 32.2. The van der Waals surface area contributed by atoms with Crippen LogP contribution in [0.3, 0.4) is 0 Å². The standard InChI is InChI=1S/C18H21N3O5S2/c1-26-18(23)16-15(6-11-27-16)28(24,25)20-12-13-4-9-21(10-5-13)17(22)14-2-7-19-8-3-14/h2-3,6-8,11,13,20H,4-5,9-10,12H2,1H3. The first-order chi connectivity index (χ1) is 13.4. The Morgan fingerprint density at radius 1 is 1.25 bits per heavy atom. The van der Waals surface area contributed by atoms with Crippen LogP contribution >= 0.6 is 11.3 Å². The van der Waals surface area contributed by atoms with E-state index in [4.69, 9.17) is 0 Å². The van der Waals surface area contributed by atoms with E-state index in [1.54, 1.807) is 34.8 Å². The van der Waals surface area contributed by atoms with Gasteiger partial charge in [-0.25, -0.2) is 17.9 Å². The van der Waals surface area contributed by atoms with Crippen molar-refractivity contribution in [3.8, 4) is 0 Å². The van der Waals surface area contributed by atoms with E-state index in [2.05, 4.69) is 14.4 Å². The van der Waals surface area contributed by atoms with Crippen molar-refractivity contribution >= 4 is 33.2 Å². The van der Waals surface area contributed by atoms with Crippen molar-refractivity contribution in [2.24, 2.45) is 5.92 Å². The van der Waals surface area contributed by atoms with Crippen molar-refractivity contribution < 1.29 is 22.7 Å². The monoisotopic (exact) mass is 423 g/mol. The van der Waals surface area contributed by atoms with Gasteiger partial charge in [-0.2, -0.15) is 0 Å². The number of methoxy groups -OCH3 is 1. The summed E-state index contributed by atoms with van der Waals surface area (Å²) in [6.07, 6.45) is 4.57. The van der Waals surface area contributed by atoms with E-state index in [9.17, 15) is 18.0 Å². The Hall–Kier alpha value is -2.30. The lowest BCUT2D eigenvalue weighted by Gasteiger charge is -2.32. The summed E-state index contributed by atoms with van der Waals surface area (Å²) in [4.78, 5) is 29.9. The summed E-state index contributed by atoms with van der Waals surface area (Å²) in [5, 5.41) is 1.55. The molecule has 10 heteroatoms. The Morgan fingerprint density at radius 2 is 1.93 bits per heavy atom. The minimum absolute atomic E-state index is 0.0394. The van der Waals surface area contributed by atoms with Crippen molar-refractivity contribution in [3.05, 3.63) is 46.4 Å². The number of carbonyl (C=O) groups excluding carboxylic acids is 2. The van der Waals surface area contributed by atoms with Crippen molar-refractivity contribution in [1.29, 1.82) is 0 Å². The number of amides is 1. The third-order valence-corrected chi connectivity index (χ3v) is 7.17. The van der Waals surface area contributed by atoms with E-state index >= 15 is 0 Å². The third kappa shape index (κ3) is 4.57. The first-order valence-electron chi connectivity index (χ1n) is 8.77. The van der Waals surface area contributed by atoms with Gasteiger partial charge in [0.25, 0.3) is 5.91 Å². The third-order valence-electron chi connectivity index (χ3n) is 4.68. The van der Waals surface area contributed by atoms with Gasteiger partial charge in [0.2, 0.25) is 10.0 Å². The van der Waals surface area contributed by atoms with Crippen LogP contribution in [-0.4, -0.2) is 56.9 Å². The minimum atomic E-state index is -3.80. The average molecular weight is 424 g/mol. The fraction of sp³-hybridized carbons (Fsp3) is 0.389. The van der Waals surface area contributed by atoms with Crippen LogP contribution in [0, 0.1) is 5.92 Å². The zero-order chi connectivity index (χ0) is 20.1. The van der Waals surface area contributed by atoms with Crippen LogP contribution < -0.4 is 4.72 Å². The second-order valence-electron chi connectivity index (χ2n) is 6.43. The summed E-state index contributed by atoms with van der Waals surface area (Å²) in [6.45, 7) is 1.40.